The van der Waals surface area contributed by atoms with E-state index in [2.05, 4.69) is 4.72 Å². The van der Waals surface area contributed by atoms with Crippen LogP contribution in [0, 0.1) is 11.8 Å². The molecule has 2 heterocycles. The summed E-state index contributed by atoms with van der Waals surface area (Å²) < 4.78 is 24.9. The van der Waals surface area contributed by atoms with Crippen LogP contribution in [-0.4, -0.2) is 69.0 Å². The van der Waals surface area contributed by atoms with Crippen molar-refractivity contribution in [3.8, 4) is 0 Å². The number of piperidine rings is 1. The Morgan fingerprint density at radius 2 is 2.09 bits per heavy atom. The zero-order valence-electron chi connectivity index (χ0n) is 13.2. The molecule has 2 aliphatic heterocycles. The van der Waals surface area contributed by atoms with Crippen LogP contribution < -0.4 is 4.72 Å². The fourth-order valence-electron chi connectivity index (χ4n) is 3.20. The number of nitrogens with one attached hydrogen (secondary N) is 1. The highest BCUT2D eigenvalue weighted by Gasteiger charge is 2.37. The van der Waals surface area contributed by atoms with Crippen molar-refractivity contribution in [2.24, 2.45) is 11.8 Å². The second-order valence-corrected chi connectivity index (χ2v) is 8.08. The lowest BCUT2D eigenvalue weighted by Crippen LogP contribution is -2.46. The average molecular weight is 331 g/mol. The van der Waals surface area contributed by atoms with Crippen molar-refractivity contribution < 1.29 is 18.0 Å². The normalized spacial score (nSPS) is 26.5. The molecule has 0 saturated carbocycles. The largest absolute Gasteiger partial charge is 0.342 e. The Morgan fingerprint density at radius 3 is 2.68 bits per heavy atom. The molecule has 0 aliphatic carbocycles. The van der Waals surface area contributed by atoms with E-state index in [9.17, 15) is 18.0 Å². The molecule has 0 radical (unpaired) electrons. The molecule has 22 heavy (non-hydrogen) atoms. The summed E-state index contributed by atoms with van der Waals surface area (Å²) in [6.07, 6.45) is 3.23. The minimum absolute atomic E-state index is 0.0355. The maximum atomic E-state index is 12.6. The summed E-state index contributed by atoms with van der Waals surface area (Å²) in [5, 5.41) is 0. The van der Waals surface area contributed by atoms with Crippen molar-refractivity contribution >= 4 is 21.8 Å². The van der Waals surface area contributed by atoms with Gasteiger partial charge in [-0.1, -0.05) is 0 Å². The molecular formula is C14H25N3O4S. The number of carbonyl (C=O) groups excluding carboxylic acids is 2. The minimum atomic E-state index is -3.20. The Labute approximate surface area is 132 Å². The second-order valence-electron chi connectivity index (χ2n) is 6.25. The molecule has 0 aromatic heterocycles. The van der Waals surface area contributed by atoms with Crippen molar-refractivity contribution in [3.05, 3.63) is 0 Å². The third kappa shape index (κ3) is 4.42. The van der Waals surface area contributed by atoms with Crippen LogP contribution in [0.5, 0.6) is 0 Å². The molecule has 0 bridgehead atoms. The van der Waals surface area contributed by atoms with E-state index in [0.29, 0.717) is 39.1 Å². The summed E-state index contributed by atoms with van der Waals surface area (Å²) in [4.78, 5) is 27.8. The summed E-state index contributed by atoms with van der Waals surface area (Å²) in [6.45, 7) is 4.70. The Bertz CT molecular complexity index is 534. The molecule has 0 aromatic carbocycles. The molecule has 126 valence electrons. The molecule has 2 amide bonds. The first-order valence-corrected chi connectivity index (χ1v) is 9.70. The first kappa shape index (κ1) is 17.2. The second kappa shape index (κ2) is 6.95. The van der Waals surface area contributed by atoms with E-state index in [4.69, 9.17) is 0 Å². The van der Waals surface area contributed by atoms with E-state index in [1.807, 2.05) is 6.92 Å². The van der Waals surface area contributed by atoms with Crippen LogP contribution in [0.15, 0.2) is 0 Å². The van der Waals surface area contributed by atoms with Crippen LogP contribution in [0.1, 0.15) is 26.2 Å². The first-order chi connectivity index (χ1) is 10.3. The third-order valence-corrected chi connectivity index (χ3v) is 5.10. The molecule has 2 atom stereocenters. The zero-order chi connectivity index (χ0) is 16.3. The molecule has 8 heteroatoms. The Morgan fingerprint density at radius 1 is 1.36 bits per heavy atom. The van der Waals surface area contributed by atoms with Crippen molar-refractivity contribution in [1.29, 1.82) is 0 Å². The first-order valence-electron chi connectivity index (χ1n) is 7.81. The Balaban J connectivity index is 1.89. The topological polar surface area (TPSA) is 86.8 Å². The van der Waals surface area contributed by atoms with Crippen LogP contribution >= 0.6 is 0 Å². The van der Waals surface area contributed by atoms with E-state index in [-0.39, 0.29) is 23.7 Å². The quantitative estimate of drug-likeness (QED) is 0.745. The lowest BCUT2D eigenvalue weighted by molar-refractivity contribution is -0.137. The SMILES string of the molecule is CCN1C[C@@H](C(=O)N2CCC[C@H](CNS(C)(=O)=O)C2)CC1=O. The van der Waals surface area contributed by atoms with Gasteiger partial charge in [0.15, 0.2) is 0 Å². The fraction of sp³-hybridized carbons (Fsp3) is 0.857. The van der Waals surface area contributed by atoms with E-state index in [1.54, 1.807) is 9.80 Å². The predicted octanol–water partition coefficient (Wildman–Crippen LogP) is -0.357. The van der Waals surface area contributed by atoms with Crippen LogP contribution in [0.2, 0.25) is 0 Å². The predicted molar refractivity (Wildman–Crippen MR) is 82.5 cm³/mol. The fourth-order valence-corrected chi connectivity index (χ4v) is 3.74. The molecule has 2 aliphatic rings. The van der Waals surface area contributed by atoms with Gasteiger partial charge in [-0.15, -0.1) is 0 Å². The standard InChI is InChI=1S/C14H25N3O4S/c1-3-16-10-12(7-13(16)18)14(19)17-6-4-5-11(9-17)8-15-22(2,20)21/h11-12,15H,3-10H2,1-2H3/t11-,12+/m1/s1. The molecule has 2 fully saturated rings. The third-order valence-electron chi connectivity index (χ3n) is 4.41. The molecular weight excluding hydrogens is 306 g/mol. The summed E-state index contributed by atoms with van der Waals surface area (Å²) in [6, 6.07) is 0. The van der Waals surface area contributed by atoms with Gasteiger partial charge in [-0.05, 0) is 25.7 Å². The van der Waals surface area contributed by atoms with E-state index < -0.39 is 10.0 Å². The summed E-state index contributed by atoms with van der Waals surface area (Å²) in [5.74, 6) is -0.0117. The minimum Gasteiger partial charge on any atom is -0.342 e. The molecule has 0 aromatic rings. The number of hydrogen-bond donors (Lipinski definition) is 1. The van der Waals surface area contributed by atoms with Crippen molar-refractivity contribution in [3.63, 3.8) is 0 Å². The van der Waals surface area contributed by atoms with Gasteiger partial charge in [-0.25, -0.2) is 13.1 Å². The van der Waals surface area contributed by atoms with Crippen molar-refractivity contribution in [2.45, 2.75) is 26.2 Å². The van der Waals surface area contributed by atoms with Gasteiger partial charge in [0.25, 0.3) is 0 Å². The number of rotatable bonds is 5. The van der Waals surface area contributed by atoms with Gasteiger partial charge >= 0.3 is 0 Å². The summed E-state index contributed by atoms with van der Waals surface area (Å²) in [5.41, 5.74) is 0. The molecule has 0 spiro atoms. The highest BCUT2D eigenvalue weighted by Crippen LogP contribution is 2.23. The number of carbonyl (C=O) groups is 2. The van der Waals surface area contributed by atoms with Crippen LogP contribution in [0.4, 0.5) is 0 Å². The highest BCUT2D eigenvalue weighted by molar-refractivity contribution is 7.88. The molecule has 7 nitrogen and oxygen atoms in total. The lowest BCUT2D eigenvalue weighted by atomic mass is 9.96. The molecule has 2 rings (SSSR count). The van der Waals surface area contributed by atoms with Gasteiger partial charge in [0.2, 0.25) is 21.8 Å². The smallest absolute Gasteiger partial charge is 0.228 e. The maximum absolute atomic E-state index is 12.6. The van der Waals surface area contributed by atoms with Gasteiger partial charge in [0, 0.05) is 39.1 Å². The Kier molecular flexibility index (Phi) is 5.44. The number of sulfonamides is 1. The van der Waals surface area contributed by atoms with E-state index in [0.717, 1.165) is 19.1 Å². The van der Waals surface area contributed by atoms with Crippen molar-refractivity contribution in [2.75, 3.05) is 39.0 Å². The van der Waals surface area contributed by atoms with Gasteiger partial charge in [-0.2, -0.15) is 0 Å². The number of nitrogens with zero attached hydrogens (tertiary/aromatic N) is 2. The van der Waals surface area contributed by atoms with Gasteiger partial charge in [0.05, 0.1) is 12.2 Å². The van der Waals surface area contributed by atoms with Crippen molar-refractivity contribution in [1.82, 2.24) is 14.5 Å². The monoisotopic (exact) mass is 331 g/mol. The summed E-state index contributed by atoms with van der Waals surface area (Å²) in [7, 11) is -3.20. The highest BCUT2D eigenvalue weighted by atomic mass is 32.2. The van der Waals surface area contributed by atoms with Crippen LogP contribution in [0.25, 0.3) is 0 Å². The zero-order valence-corrected chi connectivity index (χ0v) is 14.1. The van der Waals surface area contributed by atoms with Crippen LogP contribution in [-0.2, 0) is 19.6 Å². The van der Waals surface area contributed by atoms with Gasteiger partial charge < -0.3 is 9.80 Å². The number of amides is 2. The molecule has 2 saturated heterocycles. The average Bonchev–Trinajstić information content (AvgIpc) is 2.85. The molecule has 0 unspecified atom stereocenters. The number of likely N-dealkylation sites (tertiary alicyclic amines) is 2. The van der Waals surface area contributed by atoms with E-state index in [1.165, 1.54) is 0 Å². The van der Waals surface area contributed by atoms with Crippen LogP contribution in [0.3, 0.4) is 0 Å². The summed E-state index contributed by atoms with van der Waals surface area (Å²) >= 11 is 0. The maximum Gasteiger partial charge on any atom is 0.228 e. The lowest BCUT2D eigenvalue weighted by Gasteiger charge is -2.34. The molecule has 1 N–H and O–H groups in total. The van der Waals surface area contributed by atoms with Gasteiger partial charge in [0.1, 0.15) is 0 Å². The van der Waals surface area contributed by atoms with E-state index >= 15 is 0 Å². The Hall–Kier alpha value is -1.15. The van der Waals surface area contributed by atoms with Gasteiger partial charge in [-0.3, -0.25) is 9.59 Å². The number of hydrogen-bond acceptors (Lipinski definition) is 4.